The third-order valence-electron chi connectivity index (χ3n) is 4.13. The maximum atomic E-state index is 13.6. The zero-order chi connectivity index (χ0) is 18.7. The molecule has 136 valence electrons. The van der Waals surface area contributed by atoms with Gasteiger partial charge >= 0.3 is 0 Å². The minimum Gasteiger partial charge on any atom is -0.493 e. The SMILES string of the molecule is COc1cc(/C=C2/CCOc3ccc(F)cc3C2=O)cc(OC)c1OC. The highest BCUT2D eigenvalue weighted by Crippen LogP contribution is 2.39. The fourth-order valence-electron chi connectivity index (χ4n) is 2.89. The third-order valence-corrected chi connectivity index (χ3v) is 4.13. The molecule has 0 atom stereocenters. The molecule has 3 rings (SSSR count). The van der Waals surface area contributed by atoms with Gasteiger partial charge in [0.15, 0.2) is 17.3 Å². The molecule has 0 fully saturated rings. The predicted molar refractivity (Wildman–Crippen MR) is 94.9 cm³/mol. The van der Waals surface area contributed by atoms with Crippen molar-refractivity contribution in [1.82, 2.24) is 0 Å². The maximum Gasteiger partial charge on any atom is 0.203 e. The van der Waals surface area contributed by atoms with E-state index in [1.807, 2.05) is 0 Å². The number of halogens is 1. The van der Waals surface area contributed by atoms with Crippen LogP contribution in [0, 0.1) is 5.82 Å². The van der Waals surface area contributed by atoms with Gasteiger partial charge in [0.1, 0.15) is 11.6 Å². The van der Waals surface area contributed by atoms with E-state index >= 15 is 0 Å². The van der Waals surface area contributed by atoms with Gasteiger partial charge in [0.2, 0.25) is 5.75 Å². The van der Waals surface area contributed by atoms with Crippen molar-refractivity contribution in [3.63, 3.8) is 0 Å². The summed E-state index contributed by atoms with van der Waals surface area (Å²) in [6.45, 7) is 0.334. The van der Waals surface area contributed by atoms with Gasteiger partial charge in [-0.3, -0.25) is 4.79 Å². The first-order chi connectivity index (χ1) is 12.6. The highest BCUT2D eigenvalue weighted by molar-refractivity contribution is 6.13. The van der Waals surface area contributed by atoms with Crippen LogP contribution < -0.4 is 18.9 Å². The van der Waals surface area contributed by atoms with Crippen molar-refractivity contribution in [3.8, 4) is 23.0 Å². The zero-order valence-electron chi connectivity index (χ0n) is 14.8. The smallest absolute Gasteiger partial charge is 0.203 e. The van der Waals surface area contributed by atoms with Crippen molar-refractivity contribution in [2.24, 2.45) is 0 Å². The van der Waals surface area contributed by atoms with E-state index in [-0.39, 0.29) is 11.3 Å². The topological polar surface area (TPSA) is 54.0 Å². The number of rotatable bonds is 4. The van der Waals surface area contributed by atoms with E-state index in [4.69, 9.17) is 18.9 Å². The molecule has 0 saturated heterocycles. The van der Waals surface area contributed by atoms with Gasteiger partial charge < -0.3 is 18.9 Å². The Kier molecular flexibility index (Phi) is 5.11. The molecule has 0 aromatic heterocycles. The number of hydrogen-bond donors (Lipinski definition) is 0. The van der Waals surface area contributed by atoms with Crippen molar-refractivity contribution in [3.05, 3.63) is 52.8 Å². The third kappa shape index (κ3) is 3.35. The summed E-state index contributed by atoms with van der Waals surface area (Å²) in [4.78, 5) is 12.8. The first-order valence-corrected chi connectivity index (χ1v) is 8.05. The van der Waals surface area contributed by atoms with Gasteiger partial charge in [0.05, 0.1) is 33.5 Å². The molecule has 0 unspecified atom stereocenters. The van der Waals surface area contributed by atoms with E-state index in [0.29, 0.717) is 47.2 Å². The molecule has 26 heavy (non-hydrogen) atoms. The van der Waals surface area contributed by atoms with Crippen molar-refractivity contribution >= 4 is 11.9 Å². The minimum absolute atomic E-state index is 0.223. The molecular formula is C20H19FO5. The summed E-state index contributed by atoms with van der Waals surface area (Å²) in [7, 11) is 4.58. The molecule has 0 radical (unpaired) electrons. The fraction of sp³-hybridized carbons (Fsp3) is 0.250. The molecule has 2 aromatic rings. The van der Waals surface area contributed by atoms with E-state index < -0.39 is 5.82 Å². The van der Waals surface area contributed by atoms with Crippen LogP contribution in [0.4, 0.5) is 4.39 Å². The van der Waals surface area contributed by atoms with Gasteiger partial charge in [-0.15, -0.1) is 0 Å². The van der Waals surface area contributed by atoms with Crippen LogP contribution in [0.3, 0.4) is 0 Å². The van der Waals surface area contributed by atoms with Crippen molar-refractivity contribution in [1.29, 1.82) is 0 Å². The highest BCUT2D eigenvalue weighted by atomic mass is 19.1. The zero-order valence-corrected chi connectivity index (χ0v) is 14.8. The Morgan fingerprint density at radius 3 is 2.35 bits per heavy atom. The first kappa shape index (κ1) is 17.8. The van der Waals surface area contributed by atoms with E-state index in [1.54, 1.807) is 18.2 Å². The normalized spacial score (nSPS) is 15.1. The number of ketones is 1. The summed E-state index contributed by atoms with van der Waals surface area (Å²) in [6, 6.07) is 7.46. The Morgan fingerprint density at radius 2 is 1.73 bits per heavy atom. The van der Waals surface area contributed by atoms with Crippen LogP contribution in [-0.4, -0.2) is 33.7 Å². The van der Waals surface area contributed by atoms with Crippen molar-refractivity contribution in [2.75, 3.05) is 27.9 Å². The average Bonchev–Trinajstić information content (AvgIpc) is 2.80. The Morgan fingerprint density at radius 1 is 1.04 bits per heavy atom. The number of Topliss-reactive ketones (excluding diaryl/α,β-unsaturated/α-hetero) is 1. The van der Waals surface area contributed by atoms with E-state index in [0.717, 1.165) is 0 Å². The minimum atomic E-state index is -0.477. The van der Waals surface area contributed by atoms with E-state index in [2.05, 4.69) is 0 Å². The van der Waals surface area contributed by atoms with Crippen molar-refractivity contribution < 1.29 is 28.1 Å². The number of fused-ring (bicyclic) bond motifs is 1. The van der Waals surface area contributed by atoms with Crippen LogP contribution in [0.15, 0.2) is 35.9 Å². The maximum absolute atomic E-state index is 13.6. The molecule has 2 aromatic carbocycles. The summed E-state index contributed by atoms with van der Waals surface area (Å²) in [5.74, 6) is 1.11. The highest BCUT2D eigenvalue weighted by Gasteiger charge is 2.22. The lowest BCUT2D eigenvalue weighted by Gasteiger charge is -2.13. The molecule has 1 aliphatic heterocycles. The number of carbonyl (C=O) groups excluding carboxylic acids is 1. The lowest BCUT2D eigenvalue weighted by atomic mass is 9.98. The Hall–Kier alpha value is -3.02. The van der Waals surface area contributed by atoms with Crippen LogP contribution in [0.2, 0.25) is 0 Å². The van der Waals surface area contributed by atoms with Crippen LogP contribution in [-0.2, 0) is 0 Å². The molecule has 0 amide bonds. The van der Waals surface area contributed by atoms with E-state index in [9.17, 15) is 9.18 Å². The summed E-state index contributed by atoms with van der Waals surface area (Å²) in [5.41, 5.74) is 1.45. The molecule has 1 aliphatic rings. The standard InChI is InChI=1S/C20H19FO5/c1-23-17-9-12(10-18(24-2)20(17)25-3)8-13-6-7-26-16-5-4-14(21)11-15(16)19(13)22/h4-5,8-11H,6-7H2,1-3H3/b13-8-. The summed E-state index contributed by atoms with van der Waals surface area (Å²) >= 11 is 0. The monoisotopic (exact) mass is 358 g/mol. The average molecular weight is 358 g/mol. The number of hydrogen-bond acceptors (Lipinski definition) is 5. The van der Waals surface area contributed by atoms with Gasteiger partial charge in [0.25, 0.3) is 0 Å². The second-order valence-electron chi connectivity index (χ2n) is 5.70. The van der Waals surface area contributed by atoms with Crippen molar-refractivity contribution in [2.45, 2.75) is 6.42 Å². The molecule has 0 aliphatic carbocycles. The quantitative estimate of drug-likeness (QED) is 0.776. The summed E-state index contributed by atoms with van der Waals surface area (Å²) < 4.78 is 35.1. The Bertz CT molecular complexity index is 847. The second-order valence-corrected chi connectivity index (χ2v) is 5.70. The molecule has 6 heteroatoms. The first-order valence-electron chi connectivity index (χ1n) is 8.05. The lowest BCUT2D eigenvalue weighted by molar-refractivity contribution is 0.103. The molecule has 0 saturated carbocycles. The van der Waals surface area contributed by atoms with Gasteiger partial charge in [-0.25, -0.2) is 4.39 Å². The largest absolute Gasteiger partial charge is 0.493 e. The number of benzene rings is 2. The van der Waals surface area contributed by atoms with Gasteiger partial charge in [-0.2, -0.15) is 0 Å². The molecular weight excluding hydrogens is 339 g/mol. The Labute approximate surface area is 150 Å². The second kappa shape index (κ2) is 7.47. The number of carbonyl (C=O) groups is 1. The number of ether oxygens (including phenoxy) is 4. The molecule has 1 heterocycles. The van der Waals surface area contributed by atoms with Crippen LogP contribution >= 0.6 is 0 Å². The summed E-state index contributed by atoms with van der Waals surface area (Å²) in [6.07, 6.45) is 2.14. The molecule has 0 spiro atoms. The Balaban J connectivity index is 2.05. The van der Waals surface area contributed by atoms with Gasteiger partial charge in [0, 0.05) is 12.0 Å². The van der Waals surface area contributed by atoms with Gasteiger partial charge in [-0.1, -0.05) is 0 Å². The van der Waals surface area contributed by atoms with Crippen LogP contribution in [0.25, 0.3) is 6.08 Å². The lowest BCUT2D eigenvalue weighted by Crippen LogP contribution is -2.03. The number of methoxy groups -OCH3 is 3. The summed E-state index contributed by atoms with van der Waals surface area (Å²) in [5, 5.41) is 0. The van der Waals surface area contributed by atoms with E-state index in [1.165, 1.54) is 39.5 Å². The molecule has 0 bridgehead atoms. The van der Waals surface area contributed by atoms with Crippen LogP contribution in [0.5, 0.6) is 23.0 Å². The predicted octanol–water partition coefficient (Wildman–Crippen LogP) is 3.90. The van der Waals surface area contributed by atoms with Crippen LogP contribution in [0.1, 0.15) is 22.3 Å². The van der Waals surface area contributed by atoms with Gasteiger partial charge in [-0.05, 0) is 42.0 Å². The fourth-order valence-corrected chi connectivity index (χ4v) is 2.89. The molecule has 0 N–H and O–H groups in total. The molecule has 5 nitrogen and oxygen atoms in total.